The van der Waals surface area contributed by atoms with Crippen LogP contribution in [-0.4, -0.2) is 24.5 Å². The van der Waals surface area contributed by atoms with Gasteiger partial charge in [-0.15, -0.1) is 0 Å². The number of hydrogen-bond donors (Lipinski definition) is 0. The van der Waals surface area contributed by atoms with Crippen molar-refractivity contribution < 1.29 is 4.42 Å². The first-order chi connectivity index (χ1) is 27.8. The molecule has 6 nitrogen and oxygen atoms in total. The highest BCUT2D eigenvalue weighted by Crippen LogP contribution is 2.44. The van der Waals surface area contributed by atoms with E-state index in [0.29, 0.717) is 17.5 Å². The fourth-order valence-corrected chi connectivity index (χ4v) is 7.91. The van der Waals surface area contributed by atoms with E-state index >= 15 is 0 Å². The summed E-state index contributed by atoms with van der Waals surface area (Å²) in [5.74, 6) is 1.81. The Morgan fingerprint density at radius 3 is 1.73 bits per heavy atom. The highest BCUT2D eigenvalue weighted by Gasteiger charge is 2.22. The summed E-state index contributed by atoms with van der Waals surface area (Å²) in [6.07, 6.45) is 1.86. The van der Waals surface area contributed by atoms with Crippen molar-refractivity contribution in [1.29, 1.82) is 0 Å². The van der Waals surface area contributed by atoms with Crippen LogP contribution < -0.4 is 0 Å². The van der Waals surface area contributed by atoms with Gasteiger partial charge in [0.05, 0.1) is 5.52 Å². The van der Waals surface area contributed by atoms with Crippen molar-refractivity contribution in [3.8, 4) is 62.1 Å². The summed E-state index contributed by atoms with van der Waals surface area (Å²) in [5, 5.41) is 4.19. The second-order valence-corrected chi connectivity index (χ2v) is 13.9. The minimum atomic E-state index is 0.584. The van der Waals surface area contributed by atoms with E-state index in [2.05, 4.69) is 95.6 Å². The minimum Gasteiger partial charge on any atom is -0.455 e. The maximum Gasteiger partial charge on any atom is 0.164 e. The fraction of sp³-hybridized carbons (Fsp3) is 0. The number of para-hydroxylation sites is 1. The lowest BCUT2D eigenvalue weighted by Gasteiger charge is -2.11. The predicted molar refractivity (Wildman–Crippen MR) is 226 cm³/mol. The third kappa shape index (κ3) is 5.27. The third-order valence-corrected chi connectivity index (χ3v) is 10.5. The van der Waals surface area contributed by atoms with Crippen molar-refractivity contribution in [2.24, 2.45) is 0 Å². The van der Waals surface area contributed by atoms with Gasteiger partial charge in [0.25, 0.3) is 0 Å². The number of fused-ring (bicyclic) bond motifs is 6. The Balaban J connectivity index is 1.17. The van der Waals surface area contributed by atoms with E-state index in [0.717, 1.165) is 88.5 Å². The monoisotopic (exact) mass is 717 g/mol. The molecule has 4 heterocycles. The molecule has 0 spiro atoms. The zero-order valence-corrected chi connectivity index (χ0v) is 30.0. The zero-order valence-electron chi connectivity index (χ0n) is 30.0. The van der Waals surface area contributed by atoms with Gasteiger partial charge in [0.2, 0.25) is 0 Å². The topological polar surface area (TPSA) is 69.6 Å². The van der Waals surface area contributed by atoms with Crippen LogP contribution in [0.1, 0.15) is 0 Å². The molecule has 0 aliphatic heterocycles. The van der Waals surface area contributed by atoms with Gasteiger partial charge in [0, 0.05) is 55.7 Å². The molecule has 0 unspecified atom stereocenters. The molecular formula is C50H31N5O. The van der Waals surface area contributed by atoms with Gasteiger partial charge in [-0.3, -0.25) is 4.57 Å². The second kappa shape index (κ2) is 13.0. The smallest absolute Gasteiger partial charge is 0.164 e. The van der Waals surface area contributed by atoms with Crippen LogP contribution in [-0.2, 0) is 0 Å². The van der Waals surface area contributed by atoms with Crippen molar-refractivity contribution in [2.45, 2.75) is 0 Å². The Bertz CT molecular complexity index is 3170. The van der Waals surface area contributed by atoms with E-state index in [1.54, 1.807) is 0 Å². The van der Waals surface area contributed by atoms with Crippen LogP contribution in [0.5, 0.6) is 0 Å². The van der Waals surface area contributed by atoms with Crippen molar-refractivity contribution in [3.63, 3.8) is 0 Å². The molecule has 0 saturated heterocycles. The molecule has 0 aliphatic rings. The number of nitrogens with zero attached hydrogens (tertiary/aromatic N) is 5. The standard InChI is InChI=1S/C50H31N5O/c1-5-15-32(16-6-1)40-30-36(35-26-27-43-41(29-35)38-24-14-28-51-50(38)55(43)37-21-11-4-12-22-37)31-42-45-39(23-13-25-44(45)56-46(40)42)49-53-47(33-17-7-2-8-18-33)52-48(54-49)34-19-9-3-10-20-34/h1-31H. The van der Waals surface area contributed by atoms with Gasteiger partial charge in [0.1, 0.15) is 16.8 Å². The first kappa shape index (κ1) is 31.8. The second-order valence-electron chi connectivity index (χ2n) is 13.9. The van der Waals surface area contributed by atoms with Gasteiger partial charge in [-0.1, -0.05) is 127 Å². The van der Waals surface area contributed by atoms with Gasteiger partial charge in [-0.05, 0) is 71.3 Å². The average molecular weight is 718 g/mol. The molecule has 11 aromatic rings. The molecule has 0 saturated carbocycles. The molecule has 11 rings (SSSR count). The normalized spacial score (nSPS) is 11.6. The van der Waals surface area contributed by atoms with Crippen molar-refractivity contribution >= 4 is 43.9 Å². The number of hydrogen-bond acceptors (Lipinski definition) is 5. The number of rotatable bonds is 6. The molecule has 7 aromatic carbocycles. The quantitative estimate of drug-likeness (QED) is 0.171. The Hall–Kier alpha value is -7.70. The number of benzene rings is 7. The molecule has 0 fully saturated rings. The van der Waals surface area contributed by atoms with Crippen LogP contribution in [0.4, 0.5) is 0 Å². The average Bonchev–Trinajstić information content (AvgIpc) is 3.83. The summed E-state index contributed by atoms with van der Waals surface area (Å²) < 4.78 is 9.06. The lowest BCUT2D eigenvalue weighted by molar-refractivity contribution is 0.670. The number of furan rings is 1. The molecule has 0 atom stereocenters. The summed E-state index contributed by atoms with van der Waals surface area (Å²) in [6.45, 7) is 0. The van der Waals surface area contributed by atoms with Crippen LogP contribution in [0.15, 0.2) is 193 Å². The summed E-state index contributed by atoms with van der Waals surface area (Å²) >= 11 is 0. The van der Waals surface area contributed by atoms with E-state index in [9.17, 15) is 0 Å². The van der Waals surface area contributed by atoms with Crippen LogP contribution >= 0.6 is 0 Å². The summed E-state index contributed by atoms with van der Waals surface area (Å²) in [6, 6.07) is 62.6. The Morgan fingerprint density at radius 1 is 0.411 bits per heavy atom. The van der Waals surface area contributed by atoms with Crippen LogP contribution in [0.2, 0.25) is 0 Å². The molecule has 0 aliphatic carbocycles. The van der Waals surface area contributed by atoms with Gasteiger partial charge in [-0.2, -0.15) is 0 Å². The molecule has 0 bridgehead atoms. The highest BCUT2D eigenvalue weighted by atomic mass is 16.3. The predicted octanol–water partition coefficient (Wildman–Crippen LogP) is 12.6. The number of pyridine rings is 1. The lowest BCUT2D eigenvalue weighted by atomic mass is 9.94. The third-order valence-electron chi connectivity index (χ3n) is 10.5. The number of aromatic nitrogens is 5. The summed E-state index contributed by atoms with van der Waals surface area (Å²) in [7, 11) is 0. The molecular weight excluding hydrogens is 687 g/mol. The Morgan fingerprint density at radius 2 is 1.04 bits per heavy atom. The SMILES string of the molecule is c1ccc(-c2nc(-c3ccccc3)nc(-c3cccc4oc5c(-c6ccccc6)cc(-c6ccc7c(c6)c6cccnc6n7-c6ccccc6)cc5c34)n2)cc1. The molecule has 56 heavy (non-hydrogen) atoms. The van der Waals surface area contributed by atoms with E-state index in [-0.39, 0.29) is 0 Å². The molecule has 0 N–H and O–H groups in total. The van der Waals surface area contributed by atoms with Crippen LogP contribution in [0.3, 0.4) is 0 Å². The Labute approximate surface area is 322 Å². The van der Waals surface area contributed by atoms with Crippen molar-refractivity contribution in [2.75, 3.05) is 0 Å². The summed E-state index contributed by atoms with van der Waals surface area (Å²) in [5.41, 5.74) is 11.7. The van der Waals surface area contributed by atoms with Gasteiger partial charge >= 0.3 is 0 Å². The lowest BCUT2D eigenvalue weighted by Crippen LogP contribution is -2.00. The van der Waals surface area contributed by atoms with Crippen LogP contribution in [0, 0.1) is 0 Å². The fourth-order valence-electron chi connectivity index (χ4n) is 7.91. The molecule has 262 valence electrons. The van der Waals surface area contributed by atoms with Crippen LogP contribution in [0.25, 0.3) is 106 Å². The first-order valence-corrected chi connectivity index (χ1v) is 18.6. The first-order valence-electron chi connectivity index (χ1n) is 18.6. The van der Waals surface area contributed by atoms with E-state index in [4.69, 9.17) is 24.4 Å². The maximum absolute atomic E-state index is 6.82. The van der Waals surface area contributed by atoms with E-state index in [1.165, 1.54) is 0 Å². The summed E-state index contributed by atoms with van der Waals surface area (Å²) in [4.78, 5) is 20.0. The van der Waals surface area contributed by atoms with E-state index in [1.807, 2.05) is 97.2 Å². The molecule has 0 radical (unpaired) electrons. The van der Waals surface area contributed by atoms with Crippen molar-refractivity contribution in [1.82, 2.24) is 24.5 Å². The molecule has 4 aromatic heterocycles. The molecule has 0 amide bonds. The Kier molecular flexibility index (Phi) is 7.38. The highest BCUT2D eigenvalue weighted by molar-refractivity contribution is 6.17. The van der Waals surface area contributed by atoms with Gasteiger partial charge in [-0.25, -0.2) is 19.9 Å². The van der Waals surface area contributed by atoms with Crippen molar-refractivity contribution in [3.05, 3.63) is 188 Å². The van der Waals surface area contributed by atoms with Gasteiger partial charge < -0.3 is 4.42 Å². The largest absolute Gasteiger partial charge is 0.455 e. The molecule has 6 heteroatoms. The minimum absolute atomic E-state index is 0.584. The van der Waals surface area contributed by atoms with E-state index < -0.39 is 0 Å². The maximum atomic E-state index is 6.82. The zero-order chi connectivity index (χ0) is 37.0. The van der Waals surface area contributed by atoms with Gasteiger partial charge in [0.15, 0.2) is 17.5 Å².